The highest BCUT2D eigenvalue weighted by Crippen LogP contribution is 2.72. The van der Waals surface area contributed by atoms with Gasteiger partial charge in [-0.3, -0.25) is 9.59 Å². The van der Waals surface area contributed by atoms with E-state index in [0.29, 0.717) is 24.0 Å². The first-order chi connectivity index (χ1) is 14.6. The Kier molecular flexibility index (Phi) is 5.82. The van der Waals surface area contributed by atoms with E-state index in [1.807, 2.05) is 6.08 Å². The van der Waals surface area contributed by atoms with Crippen molar-refractivity contribution < 1.29 is 19.8 Å². The summed E-state index contributed by atoms with van der Waals surface area (Å²) in [5.74, 6) is 6.75. The van der Waals surface area contributed by atoms with Gasteiger partial charge in [0.15, 0.2) is 10.9 Å². The Morgan fingerprint density at radius 2 is 2.00 bits per heavy atom. The molecule has 0 bridgehead atoms. The molecule has 3 saturated carbocycles. The van der Waals surface area contributed by atoms with Crippen LogP contribution in [0.15, 0.2) is 23.8 Å². The summed E-state index contributed by atoms with van der Waals surface area (Å²) in [5, 5.41) is 20.7. The van der Waals surface area contributed by atoms with Gasteiger partial charge in [-0.25, -0.2) is 0 Å². The van der Waals surface area contributed by atoms with E-state index in [9.17, 15) is 14.7 Å². The lowest BCUT2D eigenvalue weighted by Crippen LogP contribution is -2.62. The predicted octanol–water partition coefficient (Wildman–Crippen LogP) is 3.77. The molecule has 8 unspecified atom stereocenters. The van der Waals surface area contributed by atoms with Gasteiger partial charge in [0.05, 0.1) is 11.9 Å². The number of aliphatic hydroxyl groups is 2. The number of hydrogen-bond donors (Lipinski definition) is 2. The average Bonchev–Trinajstić information content (AvgIpc) is 2.97. The van der Waals surface area contributed by atoms with E-state index in [-0.39, 0.29) is 45.6 Å². The molecule has 31 heavy (non-hydrogen) atoms. The number of hydrogen-bond acceptors (Lipinski definition) is 5. The van der Waals surface area contributed by atoms with Crippen molar-refractivity contribution in [3.63, 3.8) is 0 Å². The fourth-order valence-electron chi connectivity index (χ4n) is 7.81. The Bertz CT molecular complexity index is 910. The number of allylic oxidation sites excluding steroid dienone is 4. The summed E-state index contributed by atoms with van der Waals surface area (Å²) in [5.41, 5.74) is 0.238. The molecular formula is C26H34O4S. The quantitative estimate of drug-likeness (QED) is 0.637. The normalized spacial score (nSPS) is 45.7. The van der Waals surface area contributed by atoms with Crippen molar-refractivity contribution in [2.75, 3.05) is 12.4 Å². The van der Waals surface area contributed by atoms with Gasteiger partial charge >= 0.3 is 0 Å². The Labute approximate surface area is 189 Å². The zero-order chi connectivity index (χ0) is 22.6. The van der Waals surface area contributed by atoms with Crippen LogP contribution in [0.5, 0.6) is 0 Å². The number of thioether (sulfide) groups is 1. The number of carbonyl (C=O) groups is 2. The monoisotopic (exact) mass is 442 g/mol. The maximum absolute atomic E-state index is 13.2. The van der Waals surface area contributed by atoms with Crippen molar-refractivity contribution in [3.05, 3.63) is 23.8 Å². The molecule has 4 aliphatic rings. The average molecular weight is 443 g/mol. The molecule has 4 nitrogen and oxygen atoms in total. The van der Waals surface area contributed by atoms with Gasteiger partial charge < -0.3 is 10.2 Å². The molecule has 4 aliphatic carbocycles. The Morgan fingerprint density at radius 1 is 1.26 bits per heavy atom. The minimum atomic E-state index is -0.537. The van der Waals surface area contributed by atoms with E-state index in [1.54, 1.807) is 12.2 Å². The van der Waals surface area contributed by atoms with Crippen LogP contribution >= 0.6 is 11.8 Å². The molecule has 0 saturated heterocycles. The third-order valence-electron chi connectivity index (χ3n) is 9.49. The summed E-state index contributed by atoms with van der Waals surface area (Å²) in [6, 6.07) is 0. The second kappa shape index (κ2) is 7.90. The summed E-state index contributed by atoms with van der Waals surface area (Å²) in [7, 11) is 0. The molecular weight excluding hydrogens is 408 g/mol. The first-order valence-electron chi connectivity index (χ1n) is 11.4. The van der Waals surface area contributed by atoms with Crippen molar-refractivity contribution in [1.82, 2.24) is 0 Å². The van der Waals surface area contributed by atoms with Gasteiger partial charge in [-0.05, 0) is 61.0 Å². The van der Waals surface area contributed by atoms with Crippen LogP contribution < -0.4 is 0 Å². The van der Waals surface area contributed by atoms with Crippen LogP contribution in [0.3, 0.4) is 0 Å². The van der Waals surface area contributed by atoms with Crippen LogP contribution in [0.2, 0.25) is 0 Å². The minimum Gasteiger partial charge on any atom is -0.392 e. The molecule has 4 rings (SSSR count). The molecule has 0 aromatic rings. The van der Waals surface area contributed by atoms with Gasteiger partial charge in [-0.15, -0.1) is 0 Å². The summed E-state index contributed by atoms with van der Waals surface area (Å²) in [6.07, 6.45) is 8.41. The van der Waals surface area contributed by atoms with Crippen molar-refractivity contribution in [3.8, 4) is 11.8 Å². The fraction of sp³-hybridized carbons (Fsp3) is 0.692. The van der Waals surface area contributed by atoms with Gasteiger partial charge in [-0.1, -0.05) is 62.9 Å². The van der Waals surface area contributed by atoms with E-state index in [0.717, 1.165) is 24.8 Å². The zero-order valence-electron chi connectivity index (χ0n) is 19.0. The number of carbonyl (C=O) groups excluding carboxylic acids is 2. The smallest absolute Gasteiger partial charge is 0.193 e. The lowest BCUT2D eigenvalue weighted by molar-refractivity contribution is -0.176. The minimum absolute atomic E-state index is 0.0473. The van der Waals surface area contributed by atoms with Gasteiger partial charge in [0.1, 0.15) is 6.61 Å². The lowest BCUT2D eigenvalue weighted by atomic mass is 9.40. The number of ketones is 1. The van der Waals surface area contributed by atoms with E-state index >= 15 is 0 Å². The summed E-state index contributed by atoms with van der Waals surface area (Å²) in [6.45, 7) is 8.63. The first kappa shape index (κ1) is 22.8. The maximum atomic E-state index is 13.2. The number of aliphatic hydroxyl groups excluding tert-OH is 2. The first-order valence-corrected chi connectivity index (χ1v) is 12.4. The highest BCUT2D eigenvalue weighted by Gasteiger charge is 2.68. The third-order valence-corrected chi connectivity index (χ3v) is 10.3. The molecule has 0 heterocycles. The van der Waals surface area contributed by atoms with E-state index < -0.39 is 6.10 Å². The largest absolute Gasteiger partial charge is 0.392 e. The summed E-state index contributed by atoms with van der Waals surface area (Å²) in [4.78, 5) is 25.3. The molecule has 0 spiro atoms. The van der Waals surface area contributed by atoms with Gasteiger partial charge in [0, 0.05) is 16.7 Å². The van der Waals surface area contributed by atoms with Crippen LogP contribution in [-0.2, 0) is 9.59 Å². The van der Waals surface area contributed by atoms with Crippen LogP contribution in [0.1, 0.15) is 53.4 Å². The predicted molar refractivity (Wildman–Crippen MR) is 123 cm³/mol. The van der Waals surface area contributed by atoms with E-state index in [4.69, 9.17) is 5.11 Å². The molecule has 0 amide bonds. The SMILES string of the molecule is CC1CC2C3CCC4=CC(=O)C=CC4(C)C3(C)C(O)CC2(C)C1C(=O)SCC#CCO. The Hall–Kier alpha value is -1.35. The lowest BCUT2D eigenvalue weighted by Gasteiger charge is -2.65. The zero-order valence-corrected chi connectivity index (χ0v) is 19.8. The standard InChI is InChI=1S/C26H34O4S/c1-16-13-20-19-8-7-17-14-18(28)9-10-25(17,3)26(19,4)21(29)15-24(20,2)22(16)23(30)31-12-6-5-11-27/h9-10,14,16,19-22,27,29H,7-8,11-13,15H2,1-4H3. The van der Waals surface area contributed by atoms with Crippen LogP contribution in [0.25, 0.3) is 0 Å². The van der Waals surface area contributed by atoms with Crippen molar-refractivity contribution >= 4 is 22.7 Å². The Balaban J connectivity index is 1.67. The fourth-order valence-corrected chi connectivity index (χ4v) is 8.81. The molecule has 5 heteroatoms. The molecule has 168 valence electrons. The highest BCUT2D eigenvalue weighted by molar-refractivity contribution is 8.13. The van der Waals surface area contributed by atoms with Crippen molar-refractivity contribution in [2.24, 2.45) is 39.9 Å². The molecule has 3 fully saturated rings. The van der Waals surface area contributed by atoms with Gasteiger partial charge in [0.2, 0.25) is 0 Å². The molecule has 0 aromatic carbocycles. The van der Waals surface area contributed by atoms with Gasteiger partial charge in [0.25, 0.3) is 0 Å². The van der Waals surface area contributed by atoms with Crippen molar-refractivity contribution in [2.45, 2.75) is 59.5 Å². The molecule has 0 radical (unpaired) electrons. The summed E-state index contributed by atoms with van der Waals surface area (Å²) < 4.78 is 0. The second-order valence-electron chi connectivity index (χ2n) is 10.7. The van der Waals surface area contributed by atoms with Crippen molar-refractivity contribution in [1.29, 1.82) is 0 Å². The van der Waals surface area contributed by atoms with E-state index in [1.165, 1.54) is 11.8 Å². The number of rotatable bonds is 2. The van der Waals surface area contributed by atoms with E-state index in [2.05, 4.69) is 39.5 Å². The Morgan fingerprint density at radius 3 is 2.71 bits per heavy atom. The molecule has 8 atom stereocenters. The molecule has 2 N–H and O–H groups in total. The van der Waals surface area contributed by atoms with Crippen LogP contribution in [0.4, 0.5) is 0 Å². The van der Waals surface area contributed by atoms with Crippen LogP contribution in [0, 0.1) is 51.8 Å². The summed E-state index contributed by atoms with van der Waals surface area (Å²) >= 11 is 1.26. The van der Waals surface area contributed by atoms with Crippen LogP contribution in [-0.4, -0.2) is 39.6 Å². The number of fused-ring (bicyclic) bond motifs is 5. The molecule has 0 aromatic heterocycles. The highest BCUT2D eigenvalue weighted by atomic mass is 32.2. The van der Waals surface area contributed by atoms with Gasteiger partial charge in [-0.2, -0.15) is 0 Å². The third kappa shape index (κ3) is 3.21. The second-order valence-corrected chi connectivity index (χ2v) is 11.7. The molecule has 0 aliphatic heterocycles. The maximum Gasteiger partial charge on any atom is 0.193 e. The topological polar surface area (TPSA) is 74.6 Å².